The number of carboxylic acids is 2. The van der Waals surface area contributed by atoms with Gasteiger partial charge in [0.15, 0.2) is 0 Å². The summed E-state index contributed by atoms with van der Waals surface area (Å²) >= 11 is 19.6. The number of rotatable bonds is 30. The number of piperazine rings is 4. The fourth-order valence-electron chi connectivity index (χ4n) is 10.6. The van der Waals surface area contributed by atoms with Crippen LogP contribution < -0.4 is 57.2 Å². The molecule has 2 aromatic heterocycles. The summed E-state index contributed by atoms with van der Waals surface area (Å²) in [4.78, 5) is 234. The summed E-state index contributed by atoms with van der Waals surface area (Å²) in [7, 11) is 3.12. The van der Waals surface area contributed by atoms with Crippen LogP contribution in [0.5, 0.6) is 0 Å². The van der Waals surface area contributed by atoms with Crippen LogP contribution in [0.3, 0.4) is 0 Å². The van der Waals surface area contributed by atoms with Crippen LogP contribution in [0, 0.1) is 30.7 Å². The van der Waals surface area contributed by atoms with E-state index in [9.17, 15) is 107 Å². The van der Waals surface area contributed by atoms with Crippen molar-refractivity contribution in [3.05, 3.63) is 106 Å². The number of nitro groups is 2. The fourth-order valence-corrected chi connectivity index (χ4v) is 12.0. The molecule has 4 saturated heterocycles. The van der Waals surface area contributed by atoms with Gasteiger partial charge in [-0.3, -0.25) is 128 Å². The Balaban J connectivity index is -0.00000151. The second-order valence-corrected chi connectivity index (χ2v) is 34.5. The Morgan fingerprint density at radius 1 is 0.541 bits per heavy atom. The molecule has 0 unspecified atom stereocenters. The van der Waals surface area contributed by atoms with Gasteiger partial charge in [-0.25, -0.2) is 28.8 Å². The van der Waals surface area contributed by atoms with Gasteiger partial charge in [0, 0.05) is 86.3 Å². The zero-order valence-electron chi connectivity index (χ0n) is 78.7. The summed E-state index contributed by atoms with van der Waals surface area (Å²) in [6, 6.07) is 10.9. The molecule has 12 amide bonds. The summed E-state index contributed by atoms with van der Waals surface area (Å²) < 4.78 is 50.2. The van der Waals surface area contributed by atoms with Crippen LogP contribution in [-0.4, -0.2) is 333 Å². The van der Waals surface area contributed by atoms with Crippen molar-refractivity contribution in [3.63, 3.8) is 0 Å². The molecule has 4 fully saturated rings. The number of fused-ring (bicyclic) bond motifs is 2. The standard InChI is InChI=1S/C16H15N3O6.C14H24N2O6.C12H19BrN2O4.C12H19N2O4.C9H13Cl2NO4.C9H4INO4.C5H13NO2.C4H7NO4.BrH.Na.Zn.H/c20-14-8-17-9-15(21)18(14)7-1-2-10-11-3-6-16(22)25-13(11)5-4-12(10)19(23)24;1-14(2,3)22-13(19)15-8-11(17)16(12(18)9-15)6-5-7-21-10-20-4;1-12(2,3)19-11(18)14-7-9(16)15(6-4-5-13)10(17)8-14;1-5-6-14-9(15)7-13(8-10(14)16)11(17)18-12(2,3)4;1-9(2,3)16-8(15)12(4-6(10)13)5-7(11)14;10-9-5-1-4-8(12)15-7(5)3-2-6(9)11(13)14;1-7-5-8-4-2-3-6;6-3(7)1-5-2-4(8)9;;;;/h3-6,17H,1-2,7-9H2;5-10H2,1-4H3;4-8H2,1-3H3;1,5-8H2,2-4H3;4-5H2,1-3H3;1-4H;2-6H2,1H3;5H,1-2H2,(H,6,7)(H,8,9);1H;;;/q;;;-1;;;;;;+1;+2;-1/p-1. The normalized spacial score (nSPS) is 13.7. The summed E-state index contributed by atoms with van der Waals surface area (Å²) in [5, 5.41) is 43.0. The number of carboxylic acid groups (broad SMARTS) is 2. The molecule has 0 bridgehead atoms. The third kappa shape index (κ3) is 53.6. The maximum absolute atomic E-state index is 12.0. The Bertz CT molecular complexity index is 4690. The first-order valence-corrected chi connectivity index (χ1v) is 50.3. The van der Waals surface area contributed by atoms with Crippen LogP contribution in [0.25, 0.3) is 21.9 Å². The zero-order chi connectivity index (χ0) is 103. The number of carbonyl (C=O) groups excluding carboxylic acids is 14. The Morgan fingerprint density at radius 2 is 0.881 bits per heavy atom. The van der Waals surface area contributed by atoms with Gasteiger partial charge in [-0.2, -0.15) is 6.42 Å². The molecule has 746 valence electrons. The summed E-state index contributed by atoms with van der Waals surface area (Å²) in [5.41, 5.74) is 2.48. The average Bonchev–Trinajstić information content (AvgIpc) is 0.802. The minimum absolute atomic E-state index is 0. The number of carbonyl (C=O) groups is 16. The number of nitrogens with zero attached hydrogens (tertiary/aromatic N) is 10. The molecule has 6 N–H and O–H groups in total. The number of aliphatic carboxylic acids is 2. The number of imide groups is 4. The predicted molar refractivity (Wildman–Crippen MR) is 493 cm³/mol. The van der Waals surface area contributed by atoms with E-state index in [1.165, 1.54) is 76.9 Å². The van der Waals surface area contributed by atoms with Crippen LogP contribution in [0.2, 0.25) is 0 Å². The molecule has 6 heterocycles. The second kappa shape index (κ2) is 65.9. The zero-order valence-corrected chi connectivity index (χ0v) is 89.5. The molecule has 0 aliphatic carbocycles. The molecule has 0 spiro atoms. The summed E-state index contributed by atoms with van der Waals surface area (Å²) in [5.74, 6) is -5.05. The molecule has 2 aromatic carbocycles. The predicted octanol–water partition coefficient (Wildman–Crippen LogP) is 4.11. The number of hydrogen-bond donors (Lipinski definition) is 5. The molecule has 135 heavy (non-hydrogen) atoms. The first-order valence-electron chi connectivity index (χ1n) is 40.4. The van der Waals surface area contributed by atoms with Crippen molar-refractivity contribution in [1.29, 1.82) is 0 Å². The summed E-state index contributed by atoms with van der Waals surface area (Å²) in [6.07, 6.45) is 0.494. The quantitative estimate of drug-likeness (QED) is 0.00398. The number of benzene rings is 2. The molecular weight excluding hydrogens is 2140 g/mol. The van der Waals surface area contributed by atoms with Crippen LogP contribution in [0.4, 0.5) is 30.6 Å². The van der Waals surface area contributed by atoms with Crippen LogP contribution in [0.15, 0.2) is 67.0 Å². The number of nitrogens with two attached hydrogens (primary N) is 1. The van der Waals surface area contributed by atoms with E-state index >= 15 is 0 Å². The maximum atomic E-state index is 12.0. The molecule has 4 aliphatic rings. The number of hydrogen-bond acceptors (Lipinski definition) is 35. The number of aryl methyl sites for hydroxylation is 1. The Kier molecular flexibility index (Phi) is 62.6. The van der Waals surface area contributed by atoms with Gasteiger partial charge in [0.2, 0.25) is 57.7 Å². The van der Waals surface area contributed by atoms with E-state index in [0.717, 1.165) is 46.1 Å². The van der Waals surface area contributed by atoms with E-state index in [-0.39, 0.29) is 175 Å². The number of alkyl halides is 1. The first kappa shape index (κ1) is 128. The molecule has 8 rings (SSSR count). The first-order chi connectivity index (χ1) is 62.4. The summed E-state index contributed by atoms with van der Waals surface area (Å²) in [6.45, 7) is 25.6. The Labute approximate surface area is 849 Å². The SMILES string of the molecule is CC(C)(C)OC(=O)N(CC(=O)Cl)CC(=O)Cl.CC(C)(C)OC(=O)N1CC(=O)N(CCCBr)C(=O)C1.COCOCCCN.COCOCCCN1C(=O)CN(C(=O)OC(C)(C)C)CC1=O.O=C(O)CNCC(=O)O.O=C1CNCC(=O)N1CCCc1c([N+](=O)[O-])ccc2oc(=O)ccc12.O=c1ccc2c(I)c([N+](=O)[O-])ccc2o1.[CH2-]CCN1C(=O)CN(C(=O)OC(C)(C)C)CC1=O.[H-].[Na+].[Zn+][Br]. The number of ether oxygens (including phenoxy) is 8. The van der Waals surface area contributed by atoms with Crippen molar-refractivity contribution >= 4 is 203 Å². The van der Waals surface area contributed by atoms with E-state index in [0.29, 0.717) is 90.8 Å². The third-order valence-electron chi connectivity index (χ3n) is 16.0. The number of nitro benzene ring substituents is 2. The monoisotopic (exact) mass is 2260 g/mol. The van der Waals surface area contributed by atoms with Crippen molar-refractivity contribution in [2.45, 2.75) is 144 Å². The molecule has 4 aliphatic heterocycles. The Hall–Kier alpha value is -8.81. The number of halogens is 5. The van der Waals surface area contributed by atoms with E-state index in [1.807, 2.05) is 22.6 Å². The van der Waals surface area contributed by atoms with Crippen molar-refractivity contribution < 1.29 is 191 Å². The van der Waals surface area contributed by atoms with Gasteiger partial charge in [0.05, 0.1) is 62.3 Å². The van der Waals surface area contributed by atoms with Gasteiger partial charge in [0.1, 0.15) is 90.0 Å². The molecule has 0 saturated carbocycles. The minimum atomic E-state index is -1.06. The average molecular weight is 2260 g/mol. The van der Waals surface area contributed by atoms with E-state index < -0.39 is 115 Å². The van der Waals surface area contributed by atoms with Crippen LogP contribution in [0.1, 0.15) is 122 Å². The van der Waals surface area contributed by atoms with Gasteiger partial charge < -0.3 is 71.0 Å². The van der Waals surface area contributed by atoms with Crippen LogP contribution in [-0.2, 0) is 118 Å². The number of amides is 12. The van der Waals surface area contributed by atoms with Gasteiger partial charge in [-0.1, -0.05) is 15.9 Å². The molecule has 4 aromatic rings. The Morgan fingerprint density at radius 3 is 1.22 bits per heavy atom. The van der Waals surface area contributed by atoms with Crippen molar-refractivity contribution in [2.24, 2.45) is 5.73 Å². The molecular formula is C81H115Br2Cl2IN13NaO34Zn. The molecule has 0 radical (unpaired) electrons. The van der Waals surface area contributed by atoms with Gasteiger partial charge in [0.25, 0.3) is 11.4 Å². The molecule has 0 atom stereocenters. The third-order valence-corrected chi connectivity index (χ3v) is 17.9. The molecule has 47 nitrogen and oxygen atoms in total. The second-order valence-electron chi connectivity index (χ2n) is 31.7. The van der Waals surface area contributed by atoms with Gasteiger partial charge in [-0.05, 0) is 192 Å². The van der Waals surface area contributed by atoms with Crippen LogP contribution >= 0.6 is 75.3 Å². The van der Waals surface area contributed by atoms with Crippen molar-refractivity contribution in [1.82, 2.24) is 49.8 Å². The fraction of sp³-hybridized carbons (Fsp3) is 0.568. The molecule has 54 heteroatoms. The van der Waals surface area contributed by atoms with E-state index in [1.54, 1.807) is 90.2 Å². The van der Waals surface area contributed by atoms with Gasteiger partial charge in [-0.15, -0.1) is 0 Å². The van der Waals surface area contributed by atoms with E-state index in [2.05, 4.69) is 51.8 Å². The van der Waals surface area contributed by atoms with E-state index in [4.69, 9.17) is 81.1 Å². The number of methoxy groups -OCH3 is 2. The van der Waals surface area contributed by atoms with Crippen molar-refractivity contribution in [3.8, 4) is 0 Å². The topological polar surface area (TPSA) is 610 Å². The number of nitrogens with one attached hydrogen (secondary N) is 2. The van der Waals surface area contributed by atoms with Crippen molar-refractivity contribution in [2.75, 3.05) is 158 Å². The van der Waals surface area contributed by atoms with Gasteiger partial charge >= 0.3 is 107 Å².